The fourth-order valence-electron chi connectivity index (χ4n) is 2.86. The summed E-state index contributed by atoms with van der Waals surface area (Å²) >= 11 is 0. The number of rotatable bonds is 4. The topological polar surface area (TPSA) is 57.6 Å². The maximum absolute atomic E-state index is 12.6. The fraction of sp³-hybridized carbons (Fsp3) is 0.529. The number of likely N-dealkylation sites (tertiary alicyclic amines) is 1. The van der Waals surface area contributed by atoms with E-state index in [4.69, 9.17) is 5.11 Å². The van der Waals surface area contributed by atoms with Crippen LogP contribution in [-0.2, 0) is 4.79 Å². The molecule has 0 radical (unpaired) electrons. The number of carbonyl (C=O) groups is 2. The van der Waals surface area contributed by atoms with Crippen LogP contribution in [0.2, 0.25) is 0 Å². The summed E-state index contributed by atoms with van der Waals surface area (Å²) in [6, 6.07) is 5.48. The van der Waals surface area contributed by atoms with Gasteiger partial charge in [0.2, 0.25) is 0 Å². The van der Waals surface area contributed by atoms with Gasteiger partial charge < -0.3 is 5.11 Å². The Hall–Kier alpha value is -1.68. The van der Waals surface area contributed by atoms with Crippen molar-refractivity contribution in [1.29, 1.82) is 0 Å². The third kappa shape index (κ3) is 3.50. The molecule has 1 saturated heterocycles. The molecule has 21 heavy (non-hydrogen) atoms. The SMILES string of the molecule is Cc1ccc(C(=O)C(C)N2CCCC(C(=O)O)C2)cc1C. The van der Waals surface area contributed by atoms with Crippen molar-refractivity contribution in [2.45, 2.75) is 39.7 Å². The molecule has 2 atom stereocenters. The van der Waals surface area contributed by atoms with Crippen molar-refractivity contribution in [3.63, 3.8) is 0 Å². The van der Waals surface area contributed by atoms with Crippen molar-refractivity contribution in [3.8, 4) is 0 Å². The molecule has 0 saturated carbocycles. The van der Waals surface area contributed by atoms with Gasteiger partial charge in [0, 0.05) is 12.1 Å². The second-order valence-electron chi connectivity index (χ2n) is 6.01. The number of aryl methyl sites for hydroxylation is 2. The molecule has 2 rings (SSSR count). The van der Waals surface area contributed by atoms with Gasteiger partial charge in [-0.05, 0) is 57.4 Å². The van der Waals surface area contributed by atoms with E-state index >= 15 is 0 Å². The predicted octanol–water partition coefficient (Wildman–Crippen LogP) is 2.67. The number of carboxylic acids is 1. The molecule has 4 heteroatoms. The molecule has 1 aliphatic rings. The molecule has 2 unspecified atom stereocenters. The molecular formula is C17H23NO3. The molecule has 0 amide bonds. The van der Waals surface area contributed by atoms with E-state index in [9.17, 15) is 9.59 Å². The lowest BCUT2D eigenvalue weighted by Gasteiger charge is -2.34. The number of hydrogen-bond acceptors (Lipinski definition) is 3. The number of carboxylic acid groups (broad SMARTS) is 1. The van der Waals surface area contributed by atoms with Gasteiger partial charge in [0.25, 0.3) is 0 Å². The molecule has 1 fully saturated rings. The van der Waals surface area contributed by atoms with Crippen LogP contribution in [0.4, 0.5) is 0 Å². The quantitative estimate of drug-likeness (QED) is 0.866. The normalized spacial score (nSPS) is 21.0. The van der Waals surface area contributed by atoms with Crippen molar-refractivity contribution < 1.29 is 14.7 Å². The van der Waals surface area contributed by atoms with Crippen molar-refractivity contribution in [2.24, 2.45) is 5.92 Å². The molecule has 0 spiro atoms. The lowest BCUT2D eigenvalue weighted by Crippen LogP contribution is -2.46. The largest absolute Gasteiger partial charge is 0.481 e. The van der Waals surface area contributed by atoms with Gasteiger partial charge in [-0.3, -0.25) is 14.5 Å². The minimum atomic E-state index is -0.759. The second kappa shape index (κ2) is 6.39. The van der Waals surface area contributed by atoms with E-state index in [-0.39, 0.29) is 17.7 Å². The van der Waals surface area contributed by atoms with Crippen molar-refractivity contribution in [3.05, 3.63) is 34.9 Å². The first kappa shape index (κ1) is 15.7. The van der Waals surface area contributed by atoms with E-state index in [1.54, 1.807) is 0 Å². The highest BCUT2D eigenvalue weighted by molar-refractivity contribution is 6.00. The van der Waals surface area contributed by atoms with E-state index in [0.29, 0.717) is 18.5 Å². The van der Waals surface area contributed by atoms with E-state index in [1.165, 1.54) is 5.56 Å². The van der Waals surface area contributed by atoms with Gasteiger partial charge in [-0.2, -0.15) is 0 Å². The molecule has 1 N–H and O–H groups in total. The average Bonchev–Trinajstić information content (AvgIpc) is 2.48. The first-order chi connectivity index (χ1) is 9.90. The Labute approximate surface area is 125 Å². The highest BCUT2D eigenvalue weighted by Gasteiger charge is 2.31. The third-order valence-electron chi connectivity index (χ3n) is 4.52. The van der Waals surface area contributed by atoms with Crippen molar-refractivity contribution in [1.82, 2.24) is 4.90 Å². The van der Waals surface area contributed by atoms with Gasteiger partial charge in [0.15, 0.2) is 5.78 Å². The Bertz CT molecular complexity index is 553. The smallest absolute Gasteiger partial charge is 0.307 e. The lowest BCUT2D eigenvalue weighted by molar-refractivity contribution is -0.143. The molecule has 1 heterocycles. The molecule has 1 aromatic rings. The Morgan fingerprint density at radius 2 is 2.00 bits per heavy atom. The summed E-state index contributed by atoms with van der Waals surface area (Å²) in [5.74, 6) is -1.04. The van der Waals surface area contributed by atoms with Crippen LogP contribution in [0.25, 0.3) is 0 Å². The van der Waals surface area contributed by atoms with Crippen LogP contribution in [0.5, 0.6) is 0 Å². The summed E-state index contributed by atoms with van der Waals surface area (Å²) in [4.78, 5) is 25.7. The van der Waals surface area contributed by atoms with Crippen LogP contribution in [0.15, 0.2) is 18.2 Å². The second-order valence-corrected chi connectivity index (χ2v) is 6.01. The van der Waals surface area contributed by atoms with Crippen LogP contribution >= 0.6 is 0 Å². The Kier molecular flexibility index (Phi) is 4.78. The number of aliphatic carboxylic acids is 1. The Balaban J connectivity index is 2.11. The van der Waals surface area contributed by atoms with E-state index < -0.39 is 5.97 Å². The number of Topliss-reactive ketones (excluding diaryl/α,β-unsaturated/α-hetero) is 1. The maximum atomic E-state index is 12.6. The Morgan fingerprint density at radius 1 is 1.29 bits per heavy atom. The first-order valence-electron chi connectivity index (χ1n) is 7.48. The number of hydrogen-bond donors (Lipinski definition) is 1. The molecule has 4 nitrogen and oxygen atoms in total. The zero-order valence-electron chi connectivity index (χ0n) is 12.9. The minimum Gasteiger partial charge on any atom is -0.481 e. The monoisotopic (exact) mass is 289 g/mol. The van der Waals surface area contributed by atoms with E-state index in [2.05, 4.69) is 0 Å². The number of carbonyl (C=O) groups excluding carboxylic acids is 1. The molecule has 114 valence electrons. The molecule has 1 aliphatic heterocycles. The van der Waals surface area contributed by atoms with E-state index in [0.717, 1.165) is 18.5 Å². The predicted molar refractivity (Wildman–Crippen MR) is 81.6 cm³/mol. The molecule has 0 bridgehead atoms. The summed E-state index contributed by atoms with van der Waals surface area (Å²) in [7, 11) is 0. The lowest BCUT2D eigenvalue weighted by atomic mass is 9.94. The standard InChI is InChI=1S/C17H23NO3/c1-11-6-7-14(9-12(11)2)16(19)13(3)18-8-4-5-15(10-18)17(20)21/h6-7,9,13,15H,4-5,8,10H2,1-3H3,(H,20,21). The summed E-state index contributed by atoms with van der Waals surface area (Å²) < 4.78 is 0. The fourth-order valence-corrected chi connectivity index (χ4v) is 2.86. The van der Waals surface area contributed by atoms with E-state index in [1.807, 2.05) is 43.9 Å². The number of nitrogens with zero attached hydrogens (tertiary/aromatic N) is 1. The molecule has 1 aromatic carbocycles. The van der Waals surface area contributed by atoms with Crippen LogP contribution in [-0.4, -0.2) is 40.9 Å². The number of ketones is 1. The Morgan fingerprint density at radius 3 is 2.62 bits per heavy atom. The summed E-state index contributed by atoms with van der Waals surface area (Å²) in [6.45, 7) is 7.16. The highest BCUT2D eigenvalue weighted by Crippen LogP contribution is 2.21. The average molecular weight is 289 g/mol. The molecule has 0 aromatic heterocycles. The number of benzene rings is 1. The summed E-state index contributed by atoms with van der Waals surface area (Å²) in [5, 5.41) is 9.15. The van der Waals surface area contributed by atoms with Gasteiger partial charge in [0.1, 0.15) is 0 Å². The zero-order valence-corrected chi connectivity index (χ0v) is 12.9. The van der Waals surface area contributed by atoms with Crippen molar-refractivity contribution in [2.75, 3.05) is 13.1 Å². The van der Waals surface area contributed by atoms with Gasteiger partial charge in [-0.1, -0.05) is 12.1 Å². The van der Waals surface area contributed by atoms with Gasteiger partial charge in [-0.25, -0.2) is 0 Å². The minimum absolute atomic E-state index is 0.0733. The maximum Gasteiger partial charge on any atom is 0.307 e. The van der Waals surface area contributed by atoms with Crippen LogP contribution in [0.3, 0.4) is 0 Å². The third-order valence-corrected chi connectivity index (χ3v) is 4.52. The van der Waals surface area contributed by atoms with Gasteiger partial charge >= 0.3 is 5.97 Å². The van der Waals surface area contributed by atoms with Gasteiger partial charge in [0.05, 0.1) is 12.0 Å². The highest BCUT2D eigenvalue weighted by atomic mass is 16.4. The molecule has 0 aliphatic carbocycles. The van der Waals surface area contributed by atoms with Crippen LogP contribution in [0, 0.1) is 19.8 Å². The van der Waals surface area contributed by atoms with Crippen LogP contribution in [0.1, 0.15) is 41.3 Å². The zero-order chi connectivity index (χ0) is 15.6. The van der Waals surface area contributed by atoms with Crippen molar-refractivity contribution >= 4 is 11.8 Å². The van der Waals surface area contributed by atoms with Gasteiger partial charge in [-0.15, -0.1) is 0 Å². The molecular weight excluding hydrogens is 266 g/mol. The summed E-state index contributed by atoms with van der Waals surface area (Å²) in [6.07, 6.45) is 1.54. The summed E-state index contributed by atoms with van der Waals surface area (Å²) in [5.41, 5.74) is 2.99. The number of piperidine rings is 1. The first-order valence-corrected chi connectivity index (χ1v) is 7.48. The van der Waals surface area contributed by atoms with Crippen LogP contribution < -0.4 is 0 Å².